The van der Waals surface area contributed by atoms with Gasteiger partial charge in [0.15, 0.2) is 0 Å². The van der Waals surface area contributed by atoms with Gasteiger partial charge in [0.05, 0.1) is 6.20 Å². The molecule has 0 amide bonds. The summed E-state index contributed by atoms with van der Waals surface area (Å²) in [7, 11) is 1.99. The Labute approximate surface area is 127 Å². The van der Waals surface area contributed by atoms with Crippen LogP contribution in [0, 0.1) is 6.92 Å². The van der Waals surface area contributed by atoms with Gasteiger partial charge in [-0.1, -0.05) is 13.8 Å². The average Bonchev–Trinajstić information content (AvgIpc) is 3.04. The Morgan fingerprint density at radius 2 is 2.10 bits per heavy atom. The Hall–Kier alpha value is -1.62. The average molecular weight is 289 g/mol. The summed E-state index contributed by atoms with van der Waals surface area (Å²) in [6.07, 6.45) is 9.11. The van der Waals surface area contributed by atoms with Crippen molar-refractivity contribution >= 4 is 0 Å². The molecule has 1 N–H and O–H groups in total. The molecule has 5 nitrogen and oxygen atoms in total. The molecule has 2 aromatic heterocycles. The van der Waals surface area contributed by atoms with E-state index in [4.69, 9.17) is 0 Å². The van der Waals surface area contributed by atoms with Crippen molar-refractivity contribution in [2.24, 2.45) is 7.05 Å². The van der Waals surface area contributed by atoms with E-state index in [2.05, 4.69) is 46.9 Å². The van der Waals surface area contributed by atoms with Crippen molar-refractivity contribution in [3.63, 3.8) is 0 Å². The van der Waals surface area contributed by atoms with E-state index in [1.165, 1.54) is 11.3 Å². The van der Waals surface area contributed by atoms with Crippen LogP contribution < -0.4 is 5.32 Å². The zero-order chi connectivity index (χ0) is 15.2. The molecule has 0 aliphatic carbocycles. The van der Waals surface area contributed by atoms with Crippen molar-refractivity contribution in [1.82, 2.24) is 24.6 Å². The first-order chi connectivity index (χ1) is 10.2. The number of aromatic nitrogens is 4. The molecule has 116 valence electrons. The van der Waals surface area contributed by atoms with Gasteiger partial charge in [0, 0.05) is 49.7 Å². The molecule has 2 aromatic rings. The minimum atomic E-state index is 0.275. The monoisotopic (exact) mass is 289 g/mol. The van der Waals surface area contributed by atoms with Gasteiger partial charge >= 0.3 is 0 Å². The SMILES string of the molecule is CCCNC(Cc1nccn1CCC)c1cnn(C)c1C. The predicted octanol–water partition coefficient (Wildman–Crippen LogP) is 2.62. The Kier molecular flexibility index (Phi) is 5.56. The lowest BCUT2D eigenvalue weighted by molar-refractivity contribution is 0.499. The fourth-order valence-electron chi connectivity index (χ4n) is 2.63. The topological polar surface area (TPSA) is 47.7 Å². The van der Waals surface area contributed by atoms with Crippen LogP contribution in [0.5, 0.6) is 0 Å². The second kappa shape index (κ2) is 7.41. The van der Waals surface area contributed by atoms with Gasteiger partial charge in [-0.15, -0.1) is 0 Å². The molecular weight excluding hydrogens is 262 g/mol. The van der Waals surface area contributed by atoms with E-state index in [9.17, 15) is 0 Å². The molecule has 5 heteroatoms. The summed E-state index contributed by atoms with van der Waals surface area (Å²) in [5.74, 6) is 1.15. The Bertz CT molecular complexity index is 555. The molecule has 0 bridgehead atoms. The molecule has 1 atom stereocenters. The standard InChI is InChI=1S/C16H27N5/c1-5-7-17-15(14-12-19-20(4)13(14)3)11-16-18-8-10-21(16)9-6-2/h8,10,12,15,17H,5-7,9,11H2,1-4H3. The van der Waals surface area contributed by atoms with Gasteiger partial charge in [-0.05, 0) is 26.3 Å². The lowest BCUT2D eigenvalue weighted by Gasteiger charge is -2.19. The summed E-state index contributed by atoms with van der Waals surface area (Å²) in [6, 6.07) is 0.275. The molecule has 2 heterocycles. The summed E-state index contributed by atoms with van der Waals surface area (Å²) >= 11 is 0. The normalized spacial score (nSPS) is 12.8. The zero-order valence-corrected chi connectivity index (χ0v) is 13.6. The summed E-state index contributed by atoms with van der Waals surface area (Å²) in [4.78, 5) is 4.54. The molecule has 0 fully saturated rings. The highest BCUT2D eigenvalue weighted by molar-refractivity contribution is 5.22. The molecule has 0 saturated heterocycles. The lowest BCUT2D eigenvalue weighted by Crippen LogP contribution is -2.26. The molecule has 0 radical (unpaired) electrons. The summed E-state index contributed by atoms with van der Waals surface area (Å²) < 4.78 is 4.20. The van der Waals surface area contributed by atoms with Crippen molar-refractivity contribution in [3.8, 4) is 0 Å². The quantitative estimate of drug-likeness (QED) is 0.812. The van der Waals surface area contributed by atoms with E-state index in [1.54, 1.807) is 0 Å². The third-order valence-electron chi connectivity index (χ3n) is 3.94. The predicted molar refractivity (Wildman–Crippen MR) is 85.2 cm³/mol. The van der Waals surface area contributed by atoms with Gasteiger partial charge < -0.3 is 9.88 Å². The molecule has 1 unspecified atom stereocenters. The highest BCUT2D eigenvalue weighted by Crippen LogP contribution is 2.21. The third-order valence-corrected chi connectivity index (χ3v) is 3.94. The van der Waals surface area contributed by atoms with E-state index in [-0.39, 0.29) is 6.04 Å². The maximum atomic E-state index is 4.54. The van der Waals surface area contributed by atoms with Gasteiger partial charge in [-0.2, -0.15) is 5.10 Å². The summed E-state index contributed by atoms with van der Waals surface area (Å²) in [6.45, 7) is 8.55. The number of imidazole rings is 1. The Morgan fingerprint density at radius 1 is 1.29 bits per heavy atom. The van der Waals surface area contributed by atoms with Crippen molar-refractivity contribution < 1.29 is 0 Å². The summed E-state index contributed by atoms with van der Waals surface area (Å²) in [5.41, 5.74) is 2.49. The molecule has 2 rings (SSSR count). The molecular formula is C16H27N5. The van der Waals surface area contributed by atoms with Crippen LogP contribution in [0.4, 0.5) is 0 Å². The van der Waals surface area contributed by atoms with E-state index in [0.29, 0.717) is 0 Å². The number of hydrogen-bond acceptors (Lipinski definition) is 3. The van der Waals surface area contributed by atoms with E-state index >= 15 is 0 Å². The Morgan fingerprint density at radius 3 is 2.71 bits per heavy atom. The first kappa shape index (κ1) is 15.8. The number of aryl methyl sites for hydroxylation is 2. The lowest BCUT2D eigenvalue weighted by atomic mass is 10.0. The van der Waals surface area contributed by atoms with E-state index in [0.717, 1.165) is 38.2 Å². The van der Waals surface area contributed by atoms with Crippen LogP contribution in [-0.4, -0.2) is 25.9 Å². The van der Waals surface area contributed by atoms with Crippen molar-refractivity contribution in [3.05, 3.63) is 35.7 Å². The second-order valence-electron chi connectivity index (χ2n) is 5.56. The number of nitrogens with one attached hydrogen (secondary N) is 1. The number of hydrogen-bond donors (Lipinski definition) is 1. The van der Waals surface area contributed by atoms with Crippen molar-refractivity contribution in [2.75, 3.05) is 6.54 Å². The zero-order valence-electron chi connectivity index (χ0n) is 13.6. The summed E-state index contributed by atoms with van der Waals surface area (Å²) in [5, 5.41) is 8.02. The Balaban J connectivity index is 2.20. The van der Waals surface area contributed by atoms with E-state index < -0.39 is 0 Å². The van der Waals surface area contributed by atoms with Crippen LogP contribution in [0.1, 0.15) is 49.8 Å². The van der Waals surface area contributed by atoms with Gasteiger partial charge in [0.25, 0.3) is 0 Å². The highest BCUT2D eigenvalue weighted by Gasteiger charge is 2.18. The van der Waals surface area contributed by atoms with Crippen LogP contribution in [0.3, 0.4) is 0 Å². The molecule has 0 saturated carbocycles. The maximum Gasteiger partial charge on any atom is 0.110 e. The third kappa shape index (κ3) is 3.73. The smallest absolute Gasteiger partial charge is 0.110 e. The largest absolute Gasteiger partial charge is 0.335 e. The molecule has 0 spiro atoms. The van der Waals surface area contributed by atoms with Crippen LogP contribution in [0.15, 0.2) is 18.6 Å². The van der Waals surface area contributed by atoms with Crippen LogP contribution in [0.25, 0.3) is 0 Å². The highest BCUT2D eigenvalue weighted by atomic mass is 15.3. The van der Waals surface area contributed by atoms with Crippen molar-refractivity contribution in [1.29, 1.82) is 0 Å². The fraction of sp³-hybridized carbons (Fsp3) is 0.625. The molecule has 0 aliphatic rings. The number of nitrogens with zero attached hydrogens (tertiary/aromatic N) is 4. The van der Waals surface area contributed by atoms with Gasteiger partial charge in [-0.3, -0.25) is 4.68 Å². The van der Waals surface area contributed by atoms with Gasteiger partial charge in [-0.25, -0.2) is 4.98 Å². The minimum absolute atomic E-state index is 0.275. The van der Waals surface area contributed by atoms with Crippen molar-refractivity contribution in [2.45, 2.75) is 52.6 Å². The van der Waals surface area contributed by atoms with Crippen LogP contribution in [0.2, 0.25) is 0 Å². The second-order valence-corrected chi connectivity index (χ2v) is 5.56. The number of rotatable bonds is 8. The molecule has 21 heavy (non-hydrogen) atoms. The van der Waals surface area contributed by atoms with Crippen LogP contribution in [-0.2, 0) is 20.0 Å². The van der Waals surface area contributed by atoms with Gasteiger partial charge in [0.2, 0.25) is 0 Å². The maximum absolute atomic E-state index is 4.54. The molecule has 0 aliphatic heterocycles. The van der Waals surface area contributed by atoms with E-state index in [1.807, 2.05) is 24.1 Å². The van der Waals surface area contributed by atoms with Gasteiger partial charge in [0.1, 0.15) is 5.82 Å². The first-order valence-corrected chi connectivity index (χ1v) is 7.89. The molecule has 0 aromatic carbocycles. The minimum Gasteiger partial charge on any atom is -0.335 e. The fourth-order valence-corrected chi connectivity index (χ4v) is 2.63. The van der Waals surface area contributed by atoms with Crippen LogP contribution >= 0.6 is 0 Å². The first-order valence-electron chi connectivity index (χ1n) is 7.89.